The Labute approximate surface area is 125 Å². The Kier molecular flexibility index (Phi) is 4.46. The van der Waals surface area contributed by atoms with Crippen LogP contribution in [-0.4, -0.2) is 25.5 Å². The van der Waals surface area contributed by atoms with Crippen molar-refractivity contribution in [2.75, 3.05) is 7.11 Å². The van der Waals surface area contributed by atoms with Gasteiger partial charge in [0.1, 0.15) is 5.75 Å². The molecule has 1 heterocycles. The number of methoxy groups -OCH3 is 1. The summed E-state index contributed by atoms with van der Waals surface area (Å²) in [6.45, 7) is 1.77. The molecule has 2 N–H and O–H groups in total. The number of ether oxygens (including phenoxy) is 1. The molecule has 0 saturated heterocycles. The predicted molar refractivity (Wildman–Crippen MR) is 78.0 cm³/mol. The minimum Gasteiger partial charge on any atom is -0.496 e. The van der Waals surface area contributed by atoms with E-state index in [1.165, 1.54) is 12.5 Å². The molecular weight excluding hydrogens is 346 g/mol. The van der Waals surface area contributed by atoms with Crippen LogP contribution in [0, 0.1) is 0 Å². The molecule has 0 aliphatic carbocycles. The van der Waals surface area contributed by atoms with Gasteiger partial charge in [-0.15, -0.1) is 0 Å². The van der Waals surface area contributed by atoms with Crippen molar-refractivity contribution in [3.05, 3.63) is 40.8 Å². The Morgan fingerprint density at radius 1 is 1.45 bits per heavy atom. The number of aromatic nitrogens is 2. The van der Waals surface area contributed by atoms with Crippen LogP contribution in [0.4, 0.5) is 0 Å². The maximum absolute atomic E-state index is 12.1. The van der Waals surface area contributed by atoms with Gasteiger partial charge in [0.2, 0.25) is 0 Å². The fourth-order valence-corrected chi connectivity index (χ4v) is 3.40. The molecule has 2 aromatic rings. The van der Waals surface area contributed by atoms with Crippen LogP contribution < -0.4 is 9.46 Å². The summed E-state index contributed by atoms with van der Waals surface area (Å²) >= 11 is 3.38. The molecule has 1 aromatic heterocycles. The first kappa shape index (κ1) is 15.0. The number of hydrogen-bond acceptors (Lipinski definition) is 4. The number of nitrogens with zero attached hydrogens (tertiary/aromatic N) is 1. The molecule has 1 atom stereocenters. The maximum atomic E-state index is 12.1. The zero-order valence-electron chi connectivity index (χ0n) is 10.9. The lowest BCUT2D eigenvalue weighted by atomic mass is 10.1. The summed E-state index contributed by atoms with van der Waals surface area (Å²) in [5, 5.41) is 0.0388. The van der Waals surface area contributed by atoms with E-state index < -0.39 is 10.0 Å². The molecule has 0 bridgehead atoms. The van der Waals surface area contributed by atoms with Crippen LogP contribution in [-0.2, 0) is 10.0 Å². The highest BCUT2D eigenvalue weighted by Crippen LogP contribution is 2.28. The van der Waals surface area contributed by atoms with Gasteiger partial charge in [0.15, 0.2) is 5.03 Å². The minimum atomic E-state index is -3.61. The highest BCUT2D eigenvalue weighted by molar-refractivity contribution is 9.10. The van der Waals surface area contributed by atoms with Crippen LogP contribution in [0.15, 0.2) is 40.2 Å². The highest BCUT2D eigenvalue weighted by atomic mass is 79.9. The summed E-state index contributed by atoms with van der Waals surface area (Å²) in [4.78, 5) is 6.28. The van der Waals surface area contributed by atoms with E-state index in [-0.39, 0.29) is 11.1 Å². The van der Waals surface area contributed by atoms with Crippen molar-refractivity contribution in [2.24, 2.45) is 0 Å². The molecule has 0 aliphatic rings. The van der Waals surface area contributed by atoms with Crippen LogP contribution in [0.2, 0.25) is 0 Å². The third-order valence-electron chi connectivity index (χ3n) is 2.77. The van der Waals surface area contributed by atoms with Gasteiger partial charge in [-0.3, -0.25) is 0 Å². The second-order valence-electron chi connectivity index (χ2n) is 4.15. The van der Waals surface area contributed by atoms with Crippen molar-refractivity contribution in [1.82, 2.24) is 14.7 Å². The Balaban J connectivity index is 2.20. The van der Waals surface area contributed by atoms with Gasteiger partial charge < -0.3 is 9.72 Å². The number of nitrogens with one attached hydrogen (secondary N) is 2. The first-order valence-corrected chi connectivity index (χ1v) is 8.06. The van der Waals surface area contributed by atoms with Gasteiger partial charge in [-0.25, -0.2) is 18.1 Å². The molecule has 8 heteroatoms. The molecule has 108 valence electrons. The van der Waals surface area contributed by atoms with Gasteiger partial charge in [-0.05, 0) is 40.5 Å². The second kappa shape index (κ2) is 5.94. The number of H-pyrrole nitrogens is 1. The zero-order valence-corrected chi connectivity index (χ0v) is 13.3. The van der Waals surface area contributed by atoms with Crippen molar-refractivity contribution in [3.8, 4) is 5.75 Å². The summed E-state index contributed by atoms with van der Waals surface area (Å²) in [5.74, 6) is 0.692. The van der Waals surface area contributed by atoms with Gasteiger partial charge in [0, 0.05) is 6.04 Å². The van der Waals surface area contributed by atoms with Crippen molar-refractivity contribution in [1.29, 1.82) is 0 Å². The number of imidazole rings is 1. The van der Waals surface area contributed by atoms with E-state index in [2.05, 4.69) is 30.6 Å². The Hall–Kier alpha value is -1.38. The average molecular weight is 360 g/mol. The molecule has 20 heavy (non-hydrogen) atoms. The molecule has 0 saturated carbocycles. The number of rotatable bonds is 5. The highest BCUT2D eigenvalue weighted by Gasteiger charge is 2.20. The van der Waals surface area contributed by atoms with E-state index in [0.717, 1.165) is 10.0 Å². The summed E-state index contributed by atoms with van der Waals surface area (Å²) < 4.78 is 32.6. The number of halogens is 1. The maximum Gasteiger partial charge on any atom is 0.258 e. The molecule has 0 radical (unpaired) electrons. The van der Waals surface area contributed by atoms with Crippen LogP contribution in [0.1, 0.15) is 18.5 Å². The predicted octanol–water partition coefficient (Wildman–Crippen LogP) is 2.22. The number of hydrogen-bond donors (Lipinski definition) is 2. The Bertz CT molecular complexity index is 686. The van der Waals surface area contributed by atoms with Crippen molar-refractivity contribution < 1.29 is 13.2 Å². The van der Waals surface area contributed by atoms with E-state index in [1.807, 2.05) is 12.1 Å². The molecule has 6 nitrogen and oxygen atoms in total. The van der Waals surface area contributed by atoms with E-state index >= 15 is 0 Å². The first-order chi connectivity index (χ1) is 9.44. The summed E-state index contributed by atoms with van der Waals surface area (Å²) in [5.41, 5.74) is 0.820. The molecule has 0 amide bonds. The quantitative estimate of drug-likeness (QED) is 0.857. The van der Waals surface area contributed by atoms with Crippen molar-refractivity contribution in [2.45, 2.75) is 18.0 Å². The number of aromatic amines is 1. The van der Waals surface area contributed by atoms with Crippen LogP contribution in [0.25, 0.3) is 0 Å². The lowest BCUT2D eigenvalue weighted by Gasteiger charge is -2.15. The van der Waals surface area contributed by atoms with Gasteiger partial charge in [-0.2, -0.15) is 0 Å². The molecule has 1 aromatic carbocycles. The number of sulfonamides is 1. The molecule has 0 aliphatic heterocycles. The fraction of sp³-hybridized carbons (Fsp3) is 0.250. The van der Waals surface area contributed by atoms with Crippen molar-refractivity contribution in [3.63, 3.8) is 0 Å². The minimum absolute atomic E-state index is 0.0388. The first-order valence-electron chi connectivity index (χ1n) is 5.78. The van der Waals surface area contributed by atoms with Crippen LogP contribution in [0.3, 0.4) is 0 Å². The van der Waals surface area contributed by atoms with Gasteiger partial charge >= 0.3 is 0 Å². The van der Waals surface area contributed by atoms with Crippen molar-refractivity contribution >= 4 is 26.0 Å². The van der Waals surface area contributed by atoms with E-state index in [1.54, 1.807) is 20.1 Å². The molecule has 2 rings (SSSR count). The van der Waals surface area contributed by atoms with Crippen LogP contribution >= 0.6 is 15.9 Å². The summed E-state index contributed by atoms with van der Waals surface area (Å²) in [7, 11) is -2.03. The fourth-order valence-electron chi connectivity index (χ4n) is 1.71. The average Bonchev–Trinajstić information content (AvgIpc) is 2.92. The molecular formula is C12H14BrN3O3S. The topological polar surface area (TPSA) is 84.1 Å². The largest absolute Gasteiger partial charge is 0.496 e. The van der Waals surface area contributed by atoms with E-state index in [4.69, 9.17) is 4.74 Å². The molecule has 0 spiro atoms. The standard InChI is InChI=1S/C12H14BrN3O3S/c1-8(9-3-4-11(19-2)10(13)5-9)16-20(17,18)12-6-14-7-15-12/h3-8,16H,1-2H3,(H,14,15). The van der Waals surface area contributed by atoms with Gasteiger partial charge in [-0.1, -0.05) is 6.07 Å². The lowest BCUT2D eigenvalue weighted by molar-refractivity contribution is 0.412. The van der Waals surface area contributed by atoms with Gasteiger partial charge in [0.25, 0.3) is 10.0 Å². The normalized spacial score (nSPS) is 13.2. The zero-order chi connectivity index (χ0) is 14.8. The molecule has 0 fully saturated rings. The molecule has 1 unspecified atom stereocenters. The van der Waals surface area contributed by atoms with E-state index in [0.29, 0.717) is 5.75 Å². The smallest absolute Gasteiger partial charge is 0.258 e. The Morgan fingerprint density at radius 2 is 2.20 bits per heavy atom. The monoisotopic (exact) mass is 359 g/mol. The van der Waals surface area contributed by atoms with E-state index in [9.17, 15) is 8.42 Å². The third kappa shape index (κ3) is 3.20. The SMILES string of the molecule is COc1ccc(C(C)NS(=O)(=O)c2cnc[nH]2)cc1Br. The van der Waals surface area contributed by atoms with Gasteiger partial charge in [0.05, 0.1) is 24.1 Å². The summed E-state index contributed by atoms with van der Waals surface area (Å²) in [6.07, 6.45) is 2.59. The van der Waals surface area contributed by atoms with Crippen LogP contribution in [0.5, 0.6) is 5.75 Å². The third-order valence-corrected chi connectivity index (χ3v) is 4.86. The second-order valence-corrected chi connectivity index (χ2v) is 6.69. The lowest BCUT2D eigenvalue weighted by Crippen LogP contribution is -2.27. The number of benzene rings is 1. The Morgan fingerprint density at radius 3 is 2.75 bits per heavy atom. The summed E-state index contributed by atoms with van der Waals surface area (Å²) in [6, 6.07) is 5.02.